The predicted octanol–water partition coefficient (Wildman–Crippen LogP) is 2.36. The van der Waals surface area contributed by atoms with E-state index in [1.54, 1.807) is 5.56 Å². The summed E-state index contributed by atoms with van der Waals surface area (Å²) < 4.78 is 5.51. The second kappa shape index (κ2) is 4.56. The summed E-state index contributed by atoms with van der Waals surface area (Å²) >= 11 is 0. The number of hydrogen-bond donors (Lipinski definition) is 0. The van der Waals surface area contributed by atoms with Gasteiger partial charge in [-0.2, -0.15) is 0 Å². The van der Waals surface area contributed by atoms with E-state index in [1.807, 2.05) is 0 Å². The molecule has 0 amide bonds. The zero-order valence-electron chi connectivity index (χ0n) is 9.74. The highest BCUT2D eigenvalue weighted by molar-refractivity contribution is 5.36. The molecule has 0 atom stereocenters. The number of nitrogens with zero attached hydrogens (tertiary/aromatic N) is 1. The van der Waals surface area contributed by atoms with Crippen LogP contribution in [0.5, 0.6) is 0 Å². The molecule has 0 aromatic heterocycles. The highest BCUT2D eigenvalue weighted by Crippen LogP contribution is 2.23. The molecule has 3 rings (SSSR count). The molecule has 1 saturated heterocycles. The molecule has 0 aliphatic carbocycles. The molecule has 0 spiro atoms. The lowest BCUT2D eigenvalue weighted by molar-refractivity contribution is 0.110. The molecule has 0 N–H and O–H groups in total. The van der Waals surface area contributed by atoms with E-state index in [4.69, 9.17) is 4.74 Å². The third-order valence-corrected chi connectivity index (χ3v) is 3.72. The maximum absolute atomic E-state index is 5.51. The molecule has 86 valence electrons. The maximum atomic E-state index is 5.51. The van der Waals surface area contributed by atoms with E-state index in [1.165, 1.54) is 37.1 Å². The molecular weight excluding hydrogens is 198 g/mol. The molecule has 1 aromatic carbocycles. The first-order valence-corrected chi connectivity index (χ1v) is 6.33. The third-order valence-electron chi connectivity index (χ3n) is 3.72. The van der Waals surface area contributed by atoms with Crippen LogP contribution in [0, 0.1) is 0 Å². The van der Waals surface area contributed by atoms with Gasteiger partial charge in [0.05, 0.1) is 13.2 Å². The van der Waals surface area contributed by atoms with Gasteiger partial charge in [-0.25, -0.2) is 0 Å². The summed E-state index contributed by atoms with van der Waals surface area (Å²) in [5, 5.41) is 0. The molecule has 0 bridgehead atoms. The average Bonchev–Trinajstić information content (AvgIpc) is 2.82. The molecule has 0 radical (unpaired) electrons. The van der Waals surface area contributed by atoms with Gasteiger partial charge in [0.15, 0.2) is 0 Å². The Bertz CT molecular complexity index is 369. The standard InChI is InChI=1S/C14H19NO/c1-2-8-15(7-1)10-12-4-3-5-13-11-16-9-6-14(12)13/h3-5H,1-2,6-11H2. The highest BCUT2D eigenvalue weighted by Gasteiger charge is 2.17. The fraction of sp³-hybridized carbons (Fsp3) is 0.571. The van der Waals surface area contributed by atoms with Gasteiger partial charge in [0.2, 0.25) is 0 Å². The SMILES string of the molecule is c1cc2c(c(CN3CCCC3)c1)CCOC2. The fourth-order valence-electron chi connectivity index (χ4n) is 2.83. The Morgan fingerprint density at radius 1 is 1.19 bits per heavy atom. The van der Waals surface area contributed by atoms with Crippen molar-refractivity contribution in [2.24, 2.45) is 0 Å². The van der Waals surface area contributed by atoms with Crippen LogP contribution in [0.25, 0.3) is 0 Å². The molecule has 2 aliphatic heterocycles. The molecule has 16 heavy (non-hydrogen) atoms. The lowest BCUT2D eigenvalue weighted by Crippen LogP contribution is -2.21. The van der Waals surface area contributed by atoms with Gasteiger partial charge in [-0.05, 0) is 49.0 Å². The average molecular weight is 217 g/mol. The lowest BCUT2D eigenvalue weighted by Gasteiger charge is -2.22. The normalized spacial score (nSPS) is 21.0. The van der Waals surface area contributed by atoms with Crippen molar-refractivity contribution in [3.05, 3.63) is 34.9 Å². The Balaban J connectivity index is 1.82. The minimum absolute atomic E-state index is 0.809. The Hall–Kier alpha value is -0.860. The number of likely N-dealkylation sites (tertiary alicyclic amines) is 1. The van der Waals surface area contributed by atoms with Crippen LogP contribution >= 0.6 is 0 Å². The van der Waals surface area contributed by atoms with E-state index in [2.05, 4.69) is 23.1 Å². The summed E-state index contributed by atoms with van der Waals surface area (Å²) in [7, 11) is 0. The second-order valence-corrected chi connectivity index (χ2v) is 4.84. The van der Waals surface area contributed by atoms with Crippen molar-refractivity contribution in [1.82, 2.24) is 4.90 Å². The van der Waals surface area contributed by atoms with Gasteiger partial charge in [0.25, 0.3) is 0 Å². The van der Waals surface area contributed by atoms with Gasteiger partial charge in [0.1, 0.15) is 0 Å². The largest absolute Gasteiger partial charge is 0.376 e. The van der Waals surface area contributed by atoms with Crippen molar-refractivity contribution in [2.45, 2.75) is 32.4 Å². The fourth-order valence-corrected chi connectivity index (χ4v) is 2.83. The predicted molar refractivity (Wildman–Crippen MR) is 64.3 cm³/mol. The Morgan fingerprint density at radius 3 is 2.94 bits per heavy atom. The molecule has 2 nitrogen and oxygen atoms in total. The summed E-state index contributed by atoms with van der Waals surface area (Å²) in [5.41, 5.74) is 4.49. The minimum Gasteiger partial charge on any atom is -0.376 e. The summed E-state index contributed by atoms with van der Waals surface area (Å²) in [4.78, 5) is 2.57. The number of benzene rings is 1. The van der Waals surface area contributed by atoms with Gasteiger partial charge in [-0.1, -0.05) is 18.2 Å². The molecule has 2 aliphatic rings. The van der Waals surface area contributed by atoms with Crippen molar-refractivity contribution >= 4 is 0 Å². The first-order valence-electron chi connectivity index (χ1n) is 6.33. The molecule has 0 unspecified atom stereocenters. The van der Waals surface area contributed by atoms with E-state index >= 15 is 0 Å². The van der Waals surface area contributed by atoms with Crippen LogP contribution in [0.15, 0.2) is 18.2 Å². The van der Waals surface area contributed by atoms with E-state index in [0.717, 1.165) is 26.2 Å². The zero-order valence-corrected chi connectivity index (χ0v) is 9.74. The van der Waals surface area contributed by atoms with Gasteiger partial charge < -0.3 is 4.74 Å². The van der Waals surface area contributed by atoms with Crippen molar-refractivity contribution < 1.29 is 4.74 Å². The smallest absolute Gasteiger partial charge is 0.0719 e. The summed E-state index contributed by atoms with van der Waals surface area (Å²) in [6.45, 7) is 5.40. The monoisotopic (exact) mass is 217 g/mol. The second-order valence-electron chi connectivity index (χ2n) is 4.84. The maximum Gasteiger partial charge on any atom is 0.0719 e. The van der Waals surface area contributed by atoms with Crippen LogP contribution in [0.2, 0.25) is 0 Å². The Kier molecular flexibility index (Phi) is 2.94. The number of hydrogen-bond acceptors (Lipinski definition) is 2. The van der Waals surface area contributed by atoms with Crippen molar-refractivity contribution in [2.75, 3.05) is 19.7 Å². The van der Waals surface area contributed by atoms with Crippen molar-refractivity contribution in [1.29, 1.82) is 0 Å². The Labute approximate surface area is 97.2 Å². The molecule has 1 aromatic rings. The highest BCUT2D eigenvalue weighted by atomic mass is 16.5. The molecule has 2 heteroatoms. The van der Waals surface area contributed by atoms with E-state index in [-0.39, 0.29) is 0 Å². The van der Waals surface area contributed by atoms with Crippen LogP contribution < -0.4 is 0 Å². The van der Waals surface area contributed by atoms with Crippen LogP contribution in [-0.4, -0.2) is 24.6 Å². The van der Waals surface area contributed by atoms with Crippen LogP contribution in [0.3, 0.4) is 0 Å². The summed E-state index contributed by atoms with van der Waals surface area (Å²) in [6.07, 6.45) is 3.84. The summed E-state index contributed by atoms with van der Waals surface area (Å²) in [5.74, 6) is 0. The molecular formula is C14H19NO. The quantitative estimate of drug-likeness (QED) is 0.754. The van der Waals surface area contributed by atoms with Gasteiger partial charge in [-0.3, -0.25) is 4.90 Å². The van der Waals surface area contributed by atoms with Gasteiger partial charge in [0, 0.05) is 6.54 Å². The zero-order chi connectivity index (χ0) is 10.8. The van der Waals surface area contributed by atoms with E-state index < -0.39 is 0 Å². The first-order chi connectivity index (χ1) is 7.93. The van der Waals surface area contributed by atoms with Crippen LogP contribution in [0.1, 0.15) is 29.5 Å². The van der Waals surface area contributed by atoms with E-state index in [0.29, 0.717) is 0 Å². The number of fused-ring (bicyclic) bond motifs is 1. The van der Waals surface area contributed by atoms with Crippen molar-refractivity contribution in [3.63, 3.8) is 0 Å². The van der Waals surface area contributed by atoms with Gasteiger partial charge >= 0.3 is 0 Å². The third kappa shape index (κ3) is 2.00. The topological polar surface area (TPSA) is 12.5 Å². The first kappa shape index (κ1) is 10.3. The van der Waals surface area contributed by atoms with Crippen LogP contribution in [0.4, 0.5) is 0 Å². The van der Waals surface area contributed by atoms with Gasteiger partial charge in [-0.15, -0.1) is 0 Å². The summed E-state index contributed by atoms with van der Waals surface area (Å²) in [6, 6.07) is 6.68. The lowest BCUT2D eigenvalue weighted by atomic mass is 9.97. The van der Waals surface area contributed by atoms with Crippen LogP contribution in [-0.2, 0) is 24.3 Å². The number of ether oxygens (including phenoxy) is 1. The number of rotatable bonds is 2. The molecule has 2 heterocycles. The molecule has 1 fully saturated rings. The van der Waals surface area contributed by atoms with E-state index in [9.17, 15) is 0 Å². The molecule has 0 saturated carbocycles. The Morgan fingerprint density at radius 2 is 2.06 bits per heavy atom. The minimum atomic E-state index is 0.809. The van der Waals surface area contributed by atoms with Crippen molar-refractivity contribution in [3.8, 4) is 0 Å².